The monoisotopic (exact) mass is 327 g/mol. The first-order valence-corrected chi connectivity index (χ1v) is 15.3. The molecule has 1 aliphatic heterocycles. The van der Waals surface area contributed by atoms with Crippen molar-refractivity contribution in [1.82, 2.24) is 9.80 Å². The Morgan fingerprint density at radius 1 is 0.952 bits per heavy atom. The van der Waals surface area contributed by atoms with E-state index in [2.05, 4.69) is 41.0 Å². The van der Waals surface area contributed by atoms with Gasteiger partial charge in [0, 0.05) is 30.7 Å². The van der Waals surface area contributed by atoms with Crippen LogP contribution in [-0.2, 0) is 0 Å². The molecule has 21 heavy (non-hydrogen) atoms. The minimum atomic E-state index is -0.364. The van der Waals surface area contributed by atoms with Crippen LogP contribution in [0.2, 0.25) is 38.3 Å². The van der Waals surface area contributed by atoms with Crippen LogP contribution in [0.4, 0.5) is 0 Å². The topological polar surface area (TPSA) is 18.8 Å². The summed E-state index contributed by atoms with van der Waals surface area (Å²) in [5, 5.41) is 0. The van der Waals surface area contributed by atoms with Gasteiger partial charge >= 0.3 is 0 Å². The summed E-state index contributed by atoms with van der Waals surface area (Å²) in [6.45, 7) is 17.2. The largest absolute Gasteiger partial charge is 0.361 e. The van der Waals surface area contributed by atoms with Crippen LogP contribution in [-0.4, -0.2) is 73.0 Å². The van der Waals surface area contributed by atoms with Gasteiger partial charge in [-0.1, -0.05) is 38.3 Å². The van der Waals surface area contributed by atoms with Gasteiger partial charge in [-0.15, -0.1) is 0 Å². The smallest absolute Gasteiger partial charge is 0.0851 e. The zero-order valence-electron chi connectivity index (χ0n) is 14.9. The molecule has 1 heterocycles. The van der Waals surface area contributed by atoms with Crippen LogP contribution in [0.1, 0.15) is 19.3 Å². The molecule has 0 aromatic heterocycles. The molecule has 0 unspecified atom stereocenters. The normalized spacial score (nSPS) is 15.1. The lowest BCUT2D eigenvalue weighted by molar-refractivity contribution is 0.261. The third-order valence-electron chi connectivity index (χ3n) is 4.19. The highest BCUT2D eigenvalue weighted by Gasteiger charge is 2.09. The van der Waals surface area contributed by atoms with Crippen molar-refractivity contribution in [3.8, 4) is 0 Å². The Balaban J connectivity index is 2.19. The fourth-order valence-corrected chi connectivity index (χ4v) is 4.86. The van der Waals surface area contributed by atoms with Crippen LogP contribution < -0.4 is 0 Å². The molecule has 0 spiro atoms. The maximum Gasteiger partial charge on any atom is 0.0851 e. The van der Waals surface area contributed by atoms with Crippen LogP contribution in [0.5, 0.6) is 0 Å². The fourth-order valence-electron chi connectivity index (χ4n) is 2.87. The van der Waals surface area contributed by atoms with E-state index in [1.54, 1.807) is 0 Å². The molecule has 5 heteroatoms. The highest BCUT2D eigenvalue weighted by atomic mass is 28.3. The van der Waals surface area contributed by atoms with Crippen LogP contribution in [0.15, 0.2) is 4.99 Å². The Morgan fingerprint density at radius 3 is 2.00 bits per heavy atom. The van der Waals surface area contributed by atoms with Crippen molar-refractivity contribution in [2.45, 2.75) is 57.5 Å². The Bertz CT molecular complexity index is 269. The minimum Gasteiger partial charge on any atom is -0.361 e. The molecular weight excluding hydrogens is 290 g/mol. The molecule has 0 fully saturated rings. The summed E-state index contributed by atoms with van der Waals surface area (Å²) in [7, 11) is -0.727. The second-order valence-electron chi connectivity index (χ2n) is 7.32. The summed E-state index contributed by atoms with van der Waals surface area (Å²) in [5.74, 6) is 0. The summed E-state index contributed by atoms with van der Waals surface area (Å²) in [5.41, 5.74) is 0. The summed E-state index contributed by atoms with van der Waals surface area (Å²) >= 11 is 0. The first-order valence-electron chi connectivity index (χ1n) is 9.04. The molecule has 0 aromatic carbocycles. The van der Waals surface area contributed by atoms with E-state index < -0.39 is 0 Å². The summed E-state index contributed by atoms with van der Waals surface area (Å²) in [4.78, 5) is 9.41. The highest BCUT2D eigenvalue weighted by molar-refractivity contribution is 6.55. The number of hydrogen-bond donors (Lipinski definition) is 0. The average Bonchev–Trinajstić information content (AvgIpc) is 2.90. The molecule has 0 atom stereocenters. The molecule has 1 rings (SSSR count). The molecule has 0 saturated carbocycles. The predicted molar refractivity (Wildman–Crippen MR) is 103 cm³/mol. The van der Waals surface area contributed by atoms with Gasteiger partial charge in [0.1, 0.15) is 0 Å². The van der Waals surface area contributed by atoms with E-state index in [1.165, 1.54) is 57.5 Å². The molecule has 1 aliphatic rings. The van der Waals surface area contributed by atoms with Crippen LogP contribution >= 0.6 is 0 Å². The summed E-state index contributed by atoms with van der Waals surface area (Å²) in [6.07, 6.45) is 6.19. The Kier molecular flexibility index (Phi) is 10.3. The van der Waals surface area contributed by atoms with Crippen molar-refractivity contribution in [2.75, 3.05) is 39.3 Å². The molecule has 0 saturated heterocycles. The standard InChI is InChI=1S/C16H37N3Si2/c1-20(2)14-6-11-18(12-7-15-21(3)4)9-5-10-19-13-8-17-16-19/h16,20-21H,5-15H2,1-4H3. The van der Waals surface area contributed by atoms with E-state index in [1.807, 2.05) is 6.34 Å². The molecule has 0 aliphatic carbocycles. The van der Waals surface area contributed by atoms with E-state index in [0.29, 0.717) is 0 Å². The number of nitrogens with zero attached hydrogens (tertiary/aromatic N) is 3. The van der Waals surface area contributed by atoms with E-state index in [9.17, 15) is 0 Å². The minimum absolute atomic E-state index is 0.364. The van der Waals surface area contributed by atoms with Crippen molar-refractivity contribution in [1.29, 1.82) is 0 Å². The molecule has 124 valence electrons. The van der Waals surface area contributed by atoms with E-state index >= 15 is 0 Å². The SMILES string of the molecule is C[SiH](C)CCCN(CCCN1C=NCC1)CCC[SiH](C)C. The van der Waals surface area contributed by atoms with Gasteiger partial charge in [-0.3, -0.25) is 4.99 Å². The quantitative estimate of drug-likeness (QED) is 0.513. The van der Waals surface area contributed by atoms with Crippen molar-refractivity contribution in [3.63, 3.8) is 0 Å². The van der Waals surface area contributed by atoms with Crippen LogP contribution in [0.3, 0.4) is 0 Å². The molecule has 0 aromatic rings. The number of aliphatic imine (C=N–C) groups is 1. The van der Waals surface area contributed by atoms with Crippen molar-refractivity contribution >= 4 is 23.9 Å². The maximum absolute atomic E-state index is 4.30. The van der Waals surface area contributed by atoms with Crippen molar-refractivity contribution < 1.29 is 0 Å². The van der Waals surface area contributed by atoms with E-state index in [-0.39, 0.29) is 17.6 Å². The Morgan fingerprint density at radius 2 is 1.52 bits per heavy atom. The third kappa shape index (κ3) is 10.3. The maximum atomic E-state index is 4.30. The summed E-state index contributed by atoms with van der Waals surface area (Å²) in [6, 6.07) is 3.02. The fraction of sp³-hybridized carbons (Fsp3) is 0.938. The third-order valence-corrected chi connectivity index (χ3v) is 7.32. The second kappa shape index (κ2) is 11.4. The van der Waals surface area contributed by atoms with Crippen LogP contribution in [0.25, 0.3) is 0 Å². The Hall–Kier alpha value is -0.136. The number of hydrogen-bond acceptors (Lipinski definition) is 3. The van der Waals surface area contributed by atoms with Gasteiger partial charge < -0.3 is 9.80 Å². The Labute approximate surface area is 136 Å². The number of rotatable bonds is 12. The molecule has 0 radical (unpaired) electrons. The van der Waals surface area contributed by atoms with E-state index in [0.717, 1.165) is 13.1 Å². The molecular formula is C16H37N3Si2. The van der Waals surface area contributed by atoms with Crippen molar-refractivity contribution in [2.24, 2.45) is 4.99 Å². The highest BCUT2D eigenvalue weighted by Crippen LogP contribution is 2.06. The lowest BCUT2D eigenvalue weighted by Gasteiger charge is -2.24. The molecule has 0 N–H and O–H groups in total. The zero-order chi connectivity index (χ0) is 15.5. The lowest BCUT2D eigenvalue weighted by Crippen LogP contribution is -2.31. The summed E-state index contributed by atoms with van der Waals surface area (Å²) < 4.78 is 0. The second-order valence-corrected chi connectivity index (χ2v) is 14.1. The predicted octanol–water partition coefficient (Wildman–Crippen LogP) is 2.78. The molecule has 3 nitrogen and oxygen atoms in total. The van der Waals surface area contributed by atoms with Gasteiger partial charge in [0.25, 0.3) is 0 Å². The van der Waals surface area contributed by atoms with Gasteiger partial charge in [0.05, 0.1) is 12.9 Å². The van der Waals surface area contributed by atoms with Gasteiger partial charge in [-0.25, -0.2) is 0 Å². The van der Waals surface area contributed by atoms with Gasteiger partial charge in [-0.2, -0.15) is 0 Å². The van der Waals surface area contributed by atoms with Gasteiger partial charge in [0.15, 0.2) is 0 Å². The van der Waals surface area contributed by atoms with Gasteiger partial charge in [0.2, 0.25) is 0 Å². The molecule has 0 bridgehead atoms. The first kappa shape index (κ1) is 18.9. The van der Waals surface area contributed by atoms with Crippen LogP contribution in [0, 0.1) is 0 Å². The molecule has 0 amide bonds. The van der Waals surface area contributed by atoms with Crippen molar-refractivity contribution in [3.05, 3.63) is 0 Å². The van der Waals surface area contributed by atoms with Gasteiger partial charge in [-0.05, 0) is 38.9 Å². The zero-order valence-corrected chi connectivity index (χ0v) is 17.2. The van der Waals surface area contributed by atoms with E-state index in [4.69, 9.17) is 0 Å². The average molecular weight is 328 g/mol. The lowest BCUT2D eigenvalue weighted by atomic mass is 10.3. The first-order chi connectivity index (χ1) is 10.1.